The predicted molar refractivity (Wildman–Crippen MR) is 97.5 cm³/mol. The van der Waals surface area contributed by atoms with Crippen LogP contribution in [0.15, 0.2) is 35.9 Å². The lowest BCUT2D eigenvalue weighted by molar-refractivity contribution is 0.138. The normalized spacial score (nSPS) is 19.5. The molecule has 0 fully saturated rings. The second-order valence-electron chi connectivity index (χ2n) is 6.99. The number of phenols is 2. The van der Waals surface area contributed by atoms with Crippen LogP contribution in [-0.4, -0.2) is 23.9 Å². The first-order chi connectivity index (χ1) is 12.5. The SMILES string of the molecule is COc1cc2c(cc1O)O[C@H]1c3ccc(O)c(CC=C(C)C)c3OC[C@@H]21. The fraction of sp³-hybridized carbons (Fsp3) is 0.333. The van der Waals surface area contributed by atoms with Crippen molar-refractivity contribution in [1.82, 2.24) is 0 Å². The van der Waals surface area contributed by atoms with Gasteiger partial charge in [0.25, 0.3) is 0 Å². The summed E-state index contributed by atoms with van der Waals surface area (Å²) in [7, 11) is 1.53. The van der Waals surface area contributed by atoms with E-state index in [9.17, 15) is 10.2 Å². The third kappa shape index (κ3) is 2.55. The van der Waals surface area contributed by atoms with Crippen LogP contribution in [0.4, 0.5) is 0 Å². The molecule has 2 N–H and O–H groups in total. The Hall–Kier alpha value is -2.82. The van der Waals surface area contributed by atoms with E-state index in [1.54, 1.807) is 12.1 Å². The Balaban J connectivity index is 1.76. The molecule has 5 nitrogen and oxygen atoms in total. The molecular formula is C21H22O5. The largest absolute Gasteiger partial charge is 0.508 e. The van der Waals surface area contributed by atoms with Crippen LogP contribution in [0.2, 0.25) is 0 Å². The van der Waals surface area contributed by atoms with E-state index >= 15 is 0 Å². The van der Waals surface area contributed by atoms with Gasteiger partial charge in [0.15, 0.2) is 11.5 Å². The van der Waals surface area contributed by atoms with Gasteiger partial charge < -0.3 is 24.4 Å². The van der Waals surface area contributed by atoms with E-state index in [0.717, 1.165) is 16.7 Å². The molecule has 0 saturated heterocycles. The zero-order chi connectivity index (χ0) is 18.4. The summed E-state index contributed by atoms with van der Waals surface area (Å²) in [6.45, 7) is 4.50. The third-order valence-corrected chi connectivity index (χ3v) is 5.02. The highest BCUT2D eigenvalue weighted by molar-refractivity contribution is 5.58. The van der Waals surface area contributed by atoms with Gasteiger partial charge in [0.1, 0.15) is 23.4 Å². The molecule has 5 heteroatoms. The summed E-state index contributed by atoms with van der Waals surface area (Å²) in [5, 5.41) is 20.3. The summed E-state index contributed by atoms with van der Waals surface area (Å²) in [5.41, 5.74) is 3.85. The van der Waals surface area contributed by atoms with Crippen LogP contribution < -0.4 is 14.2 Å². The molecular weight excluding hydrogens is 332 g/mol. The Morgan fingerprint density at radius 3 is 2.73 bits per heavy atom. The quantitative estimate of drug-likeness (QED) is 0.808. The van der Waals surface area contributed by atoms with Gasteiger partial charge in [0.2, 0.25) is 0 Å². The van der Waals surface area contributed by atoms with Crippen molar-refractivity contribution in [2.45, 2.75) is 32.3 Å². The summed E-state index contributed by atoms with van der Waals surface area (Å²) in [5.74, 6) is 2.08. The minimum Gasteiger partial charge on any atom is -0.508 e. The van der Waals surface area contributed by atoms with Crippen LogP contribution in [0.25, 0.3) is 0 Å². The molecule has 2 aliphatic heterocycles. The second-order valence-corrected chi connectivity index (χ2v) is 6.99. The van der Waals surface area contributed by atoms with Gasteiger partial charge in [-0.25, -0.2) is 0 Å². The van der Waals surface area contributed by atoms with Crippen LogP contribution in [0.3, 0.4) is 0 Å². The van der Waals surface area contributed by atoms with Gasteiger partial charge >= 0.3 is 0 Å². The van der Waals surface area contributed by atoms with Crippen molar-refractivity contribution >= 4 is 0 Å². The molecule has 2 atom stereocenters. The number of benzene rings is 2. The van der Waals surface area contributed by atoms with Gasteiger partial charge in [-0.15, -0.1) is 0 Å². The minimum atomic E-state index is -0.202. The lowest BCUT2D eigenvalue weighted by Gasteiger charge is -2.29. The number of phenolic OH excluding ortho intramolecular Hbond substituents is 2. The van der Waals surface area contributed by atoms with E-state index in [0.29, 0.717) is 30.3 Å². The molecule has 0 spiro atoms. The van der Waals surface area contributed by atoms with Crippen LogP contribution in [0.1, 0.15) is 42.6 Å². The Kier molecular flexibility index (Phi) is 3.94. The van der Waals surface area contributed by atoms with Crippen molar-refractivity contribution in [3.05, 3.63) is 52.6 Å². The molecule has 2 aliphatic rings. The maximum Gasteiger partial charge on any atom is 0.161 e. The average molecular weight is 354 g/mol. The number of ether oxygens (including phenoxy) is 3. The molecule has 0 unspecified atom stereocenters. The zero-order valence-electron chi connectivity index (χ0n) is 15.1. The average Bonchev–Trinajstić information content (AvgIpc) is 2.97. The molecule has 0 radical (unpaired) electrons. The Labute approximate surface area is 152 Å². The third-order valence-electron chi connectivity index (χ3n) is 5.02. The lowest BCUT2D eigenvalue weighted by Crippen LogP contribution is -2.24. The van der Waals surface area contributed by atoms with E-state index in [1.807, 2.05) is 26.0 Å². The predicted octanol–water partition coefficient (Wildman–Crippen LogP) is 4.22. The molecule has 0 bridgehead atoms. The van der Waals surface area contributed by atoms with Gasteiger partial charge in [-0.3, -0.25) is 0 Å². The summed E-state index contributed by atoms with van der Waals surface area (Å²) < 4.78 is 17.4. The second kappa shape index (κ2) is 6.16. The van der Waals surface area contributed by atoms with Gasteiger partial charge in [0.05, 0.1) is 19.6 Å². The van der Waals surface area contributed by atoms with Crippen LogP contribution in [0, 0.1) is 0 Å². The van der Waals surface area contributed by atoms with Crippen molar-refractivity contribution in [2.24, 2.45) is 0 Å². The first-order valence-corrected chi connectivity index (χ1v) is 8.68. The maximum absolute atomic E-state index is 10.3. The number of allylic oxidation sites excluding steroid dienone is 2. The Bertz CT molecular complexity index is 896. The number of rotatable bonds is 3. The fourth-order valence-corrected chi connectivity index (χ4v) is 3.67. The van der Waals surface area contributed by atoms with E-state index in [2.05, 4.69) is 6.08 Å². The molecule has 0 aliphatic carbocycles. The number of fused-ring (bicyclic) bond motifs is 5. The van der Waals surface area contributed by atoms with E-state index in [4.69, 9.17) is 14.2 Å². The fourth-order valence-electron chi connectivity index (χ4n) is 3.67. The smallest absolute Gasteiger partial charge is 0.161 e. The highest BCUT2D eigenvalue weighted by Crippen LogP contribution is 2.54. The summed E-state index contributed by atoms with van der Waals surface area (Å²) >= 11 is 0. The number of hydrogen-bond donors (Lipinski definition) is 2. The van der Waals surface area contributed by atoms with Crippen molar-refractivity contribution in [2.75, 3.05) is 13.7 Å². The minimum absolute atomic E-state index is 0.0212. The van der Waals surface area contributed by atoms with Crippen molar-refractivity contribution in [3.8, 4) is 28.7 Å². The molecule has 2 heterocycles. The van der Waals surface area contributed by atoms with E-state index < -0.39 is 0 Å². The number of aromatic hydroxyl groups is 2. The maximum atomic E-state index is 10.3. The van der Waals surface area contributed by atoms with E-state index in [-0.39, 0.29) is 23.5 Å². The van der Waals surface area contributed by atoms with Crippen LogP contribution in [0.5, 0.6) is 28.7 Å². The summed E-state index contributed by atoms with van der Waals surface area (Å²) in [6, 6.07) is 6.96. The molecule has 2 aromatic carbocycles. The molecule has 0 aromatic heterocycles. The Morgan fingerprint density at radius 2 is 2.00 bits per heavy atom. The molecule has 2 aromatic rings. The highest BCUT2D eigenvalue weighted by Gasteiger charge is 2.42. The van der Waals surface area contributed by atoms with Gasteiger partial charge in [-0.05, 0) is 38.5 Å². The van der Waals surface area contributed by atoms with Gasteiger partial charge in [-0.1, -0.05) is 11.6 Å². The molecule has 0 saturated carbocycles. The molecule has 4 rings (SSSR count). The number of methoxy groups -OCH3 is 1. The van der Waals surface area contributed by atoms with Crippen molar-refractivity contribution < 1.29 is 24.4 Å². The van der Waals surface area contributed by atoms with Gasteiger partial charge in [0, 0.05) is 22.8 Å². The van der Waals surface area contributed by atoms with E-state index in [1.165, 1.54) is 12.7 Å². The molecule has 26 heavy (non-hydrogen) atoms. The molecule has 136 valence electrons. The summed E-state index contributed by atoms with van der Waals surface area (Å²) in [6.07, 6.45) is 2.47. The summed E-state index contributed by atoms with van der Waals surface area (Å²) in [4.78, 5) is 0. The highest BCUT2D eigenvalue weighted by atomic mass is 16.5. The standard InChI is InChI=1S/C21H22O5/c1-11(2)4-5-12-16(22)7-6-13-20(12)25-10-15-14-8-19(24-3)17(23)9-18(14)26-21(13)15/h4,6-9,15,21-23H,5,10H2,1-3H3/t15-,21-/m0/s1. The number of hydrogen-bond acceptors (Lipinski definition) is 5. The monoisotopic (exact) mass is 354 g/mol. The van der Waals surface area contributed by atoms with Gasteiger partial charge in [-0.2, -0.15) is 0 Å². The van der Waals surface area contributed by atoms with Crippen molar-refractivity contribution in [3.63, 3.8) is 0 Å². The topological polar surface area (TPSA) is 68.2 Å². The van der Waals surface area contributed by atoms with Crippen molar-refractivity contribution in [1.29, 1.82) is 0 Å². The first kappa shape index (κ1) is 16.6. The zero-order valence-corrected chi connectivity index (χ0v) is 15.1. The first-order valence-electron chi connectivity index (χ1n) is 8.68. The molecule has 0 amide bonds. The Morgan fingerprint density at radius 1 is 1.19 bits per heavy atom. The lowest BCUT2D eigenvalue weighted by atomic mass is 9.87. The van der Waals surface area contributed by atoms with Crippen LogP contribution >= 0.6 is 0 Å². The van der Waals surface area contributed by atoms with Crippen LogP contribution in [-0.2, 0) is 6.42 Å².